The Morgan fingerprint density at radius 1 is 1.40 bits per heavy atom. The van der Waals surface area contributed by atoms with Crippen molar-refractivity contribution in [1.82, 2.24) is 0 Å². The maximum Gasteiger partial charge on any atom is 0.416 e. The largest absolute Gasteiger partial charge is 0.416 e. The Morgan fingerprint density at radius 3 is 2.53 bits per heavy atom. The third kappa shape index (κ3) is 3.03. The first-order valence-electron chi connectivity index (χ1n) is 3.92. The number of rotatable bonds is 2. The SMILES string of the molecule is N#CCNc1ccc(C(F)(F)F)cc1Cl. The molecule has 0 aliphatic rings. The number of anilines is 1. The predicted octanol–water partition coefficient (Wildman–Crippen LogP) is 3.29. The molecule has 6 heteroatoms. The van der Waals surface area contributed by atoms with Crippen LogP contribution in [-0.2, 0) is 6.18 Å². The van der Waals surface area contributed by atoms with Crippen molar-refractivity contribution in [3.05, 3.63) is 28.8 Å². The highest BCUT2D eigenvalue weighted by molar-refractivity contribution is 6.33. The third-order valence-corrected chi connectivity index (χ3v) is 1.97. The van der Waals surface area contributed by atoms with Crippen molar-refractivity contribution in [2.24, 2.45) is 0 Å². The molecule has 0 aliphatic heterocycles. The van der Waals surface area contributed by atoms with Gasteiger partial charge in [0.15, 0.2) is 0 Å². The average Bonchev–Trinajstić information content (AvgIpc) is 2.14. The van der Waals surface area contributed by atoms with E-state index in [0.717, 1.165) is 12.1 Å². The van der Waals surface area contributed by atoms with Crippen LogP contribution in [-0.4, -0.2) is 6.54 Å². The van der Waals surface area contributed by atoms with Gasteiger partial charge in [0, 0.05) is 0 Å². The lowest BCUT2D eigenvalue weighted by atomic mass is 10.2. The lowest BCUT2D eigenvalue weighted by molar-refractivity contribution is -0.137. The minimum Gasteiger partial charge on any atom is -0.371 e. The summed E-state index contributed by atoms with van der Waals surface area (Å²) >= 11 is 5.60. The fourth-order valence-electron chi connectivity index (χ4n) is 0.970. The number of nitrogens with one attached hydrogen (secondary N) is 1. The van der Waals surface area contributed by atoms with Crippen molar-refractivity contribution < 1.29 is 13.2 Å². The van der Waals surface area contributed by atoms with Gasteiger partial charge in [-0.3, -0.25) is 0 Å². The maximum absolute atomic E-state index is 12.2. The molecule has 1 N–H and O–H groups in total. The molecule has 0 bridgehead atoms. The molecule has 80 valence electrons. The van der Waals surface area contributed by atoms with E-state index in [2.05, 4.69) is 5.32 Å². The molecule has 2 nitrogen and oxygen atoms in total. The Balaban J connectivity index is 2.94. The van der Waals surface area contributed by atoms with Gasteiger partial charge in [0.2, 0.25) is 0 Å². The molecule has 0 spiro atoms. The Hall–Kier alpha value is -1.41. The van der Waals surface area contributed by atoms with Gasteiger partial charge in [-0.2, -0.15) is 18.4 Å². The van der Waals surface area contributed by atoms with Gasteiger partial charge in [0.05, 0.1) is 22.3 Å². The van der Waals surface area contributed by atoms with E-state index in [-0.39, 0.29) is 11.6 Å². The predicted molar refractivity (Wildman–Crippen MR) is 50.6 cm³/mol. The normalized spacial score (nSPS) is 10.9. The quantitative estimate of drug-likeness (QED) is 0.797. The molecule has 0 fully saturated rings. The standard InChI is InChI=1S/C9H6ClF3N2/c10-7-5-6(9(11,12)13)1-2-8(7)15-4-3-14/h1-2,5,15H,4H2. The molecule has 1 aromatic carbocycles. The van der Waals surface area contributed by atoms with Crippen LogP contribution < -0.4 is 5.32 Å². The van der Waals surface area contributed by atoms with Crippen LogP contribution in [0.5, 0.6) is 0 Å². The van der Waals surface area contributed by atoms with Crippen molar-refractivity contribution in [2.75, 3.05) is 11.9 Å². The number of alkyl halides is 3. The van der Waals surface area contributed by atoms with Crippen molar-refractivity contribution >= 4 is 17.3 Å². The number of hydrogen-bond donors (Lipinski definition) is 1. The summed E-state index contributed by atoms with van der Waals surface area (Å²) in [7, 11) is 0. The number of hydrogen-bond acceptors (Lipinski definition) is 2. The topological polar surface area (TPSA) is 35.8 Å². The second-order valence-corrected chi connectivity index (χ2v) is 3.11. The Kier molecular flexibility index (Phi) is 3.43. The summed E-state index contributed by atoms with van der Waals surface area (Å²) in [5, 5.41) is 10.8. The van der Waals surface area contributed by atoms with Crippen LogP contribution in [0.15, 0.2) is 18.2 Å². The van der Waals surface area contributed by atoms with Crippen molar-refractivity contribution in [2.45, 2.75) is 6.18 Å². The van der Waals surface area contributed by atoms with E-state index in [4.69, 9.17) is 16.9 Å². The molecule has 0 saturated heterocycles. The van der Waals surface area contributed by atoms with E-state index in [1.807, 2.05) is 0 Å². The van der Waals surface area contributed by atoms with Gasteiger partial charge in [0.1, 0.15) is 6.54 Å². The number of nitriles is 1. The van der Waals surface area contributed by atoms with Crippen molar-refractivity contribution in [3.63, 3.8) is 0 Å². The molecule has 0 atom stereocenters. The number of benzene rings is 1. The molecule has 15 heavy (non-hydrogen) atoms. The minimum absolute atomic E-state index is 0.00884. The zero-order valence-corrected chi connectivity index (χ0v) is 8.15. The molecule has 0 aliphatic carbocycles. The fourth-order valence-corrected chi connectivity index (χ4v) is 1.22. The molecule has 1 aromatic rings. The number of nitrogens with zero attached hydrogens (tertiary/aromatic N) is 1. The summed E-state index contributed by atoms with van der Waals surface area (Å²) in [4.78, 5) is 0. The third-order valence-electron chi connectivity index (χ3n) is 1.65. The summed E-state index contributed by atoms with van der Waals surface area (Å²) in [5.41, 5.74) is -0.499. The average molecular weight is 235 g/mol. The zero-order chi connectivity index (χ0) is 11.5. The fraction of sp³-hybridized carbons (Fsp3) is 0.222. The van der Waals surface area contributed by atoms with Crippen LogP contribution in [0.25, 0.3) is 0 Å². The molecule has 0 amide bonds. The molecule has 0 aromatic heterocycles. The van der Waals surface area contributed by atoms with Crippen LogP contribution in [0, 0.1) is 11.3 Å². The van der Waals surface area contributed by atoms with Gasteiger partial charge in [-0.05, 0) is 18.2 Å². The van der Waals surface area contributed by atoms with Gasteiger partial charge in [-0.25, -0.2) is 0 Å². The lowest BCUT2D eigenvalue weighted by Crippen LogP contribution is -2.06. The van der Waals surface area contributed by atoms with E-state index in [1.54, 1.807) is 6.07 Å². The van der Waals surface area contributed by atoms with Crippen LogP contribution in [0.1, 0.15) is 5.56 Å². The first-order chi connectivity index (χ1) is 6.95. The summed E-state index contributed by atoms with van der Waals surface area (Å²) in [6, 6.07) is 4.72. The van der Waals surface area contributed by atoms with Crippen molar-refractivity contribution in [1.29, 1.82) is 5.26 Å². The van der Waals surface area contributed by atoms with Gasteiger partial charge in [0.25, 0.3) is 0 Å². The molecule has 1 rings (SSSR count). The lowest BCUT2D eigenvalue weighted by Gasteiger charge is -2.09. The monoisotopic (exact) mass is 234 g/mol. The summed E-state index contributed by atoms with van der Waals surface area (Å²) in [6.07, 6.45) is -4.41. The number of halogens is 4. The summed E-state index contributed by atoms with van der Waals surface area (Å²) in [6.45, 7) is -0.00884. The molecule has 0 unspecified atom stereocenters. The Bertz CT molecular complexity index is 395. The van der Waals surface area contributed by atoms with Gasteiger partial charge < -0.3 is 5.32 Å². The highest BCUT2D eigenvalue weighted by Crippen LogP contribution is 2.33. The second-order valence-electron chi connectivity index (χ2n) is 2.70. The van der Waals surface area contributed by atoms with E-state index >= 15 is 0 Å². The Labute approximate surface area is 89.3 Å². The maximum atomic E-state index is 12.2. The minimum atomic E-state index is -4.41. The van der Waals surface area contributed by atoms with Crippen LogP contribution in [0.4, 0.5) is 18.9 Å². The van der Waals surface area contributed by atoms with Gasteiger partial charge in [-0.1, -0.05) is 11.6 Å². The molecule has 0 radical (unpaired) electrons. The van der Waals surface area contributed by atoms with Crippen molar-refractivity contribution in [3.8, 4) is 6.07 Å². The van der Waals surface area contributed by atoms with Crippen LogP contribution in [0.3, 0.4) is 0 Å². The summed E-state index contributed by atoms with van der Waals surface area (Å²) < 4.78 is 36.7. The van der Waals surface area contributed by atoms with E-state index in [9.17, 15) is 13.2 Å². The second kappa shape index (κ2) is 4.41. The molecule has 0 heterocycles. The highest BCUT2D eigenvalue weighted by atomic mass is 35.5. The van der Waals surface area contributed by atoms with E-state index in [0.29, 0.717) is 5.69 Å². The first-order valence-corrected chi connectivity index (χ1v) is 4.30. The zero-order valence-electron chi connectivity index (χ0n) is 7.40. The Morgan fingerprint density at radius 2 is 2.07 bits per heavy atom. The van der Waals surface area contributed by atoms with E-state index in [1.165, 1.54) is 6.07 Å². The smallest absolute Gasteiger partial charge is 0.371 e. The van der Waals surface area contributed by atoms with Gasteiger partial charge in [-0.15, -0.1) is 0 Å². The van der Waals surface area contributed by atoms with Crippen LogP contribution >= 0.6 is 11.6 Å². The molecule has 0 saturated carbocycles. The van der Waals surface area contributed by atoms with Gasteiger partial charge >= 0.3 is 6.18 Å². The highest BCUT2D eigenvalue weighted by Gasteiger charge is 2.30. The molecular weight excluding hydrogens is 229 g/mol. The molecular formula is C9H6ClF3N2. The van der Waals surface area contributed by atoms with Crippen LogP contribution in [0.2, 0.25) is 5.02 Å². The van der Waals surface area contributed by atoms with E-state index < -0.39 is 11.7 Å². The first kappa shape index (κ1) is 11.7. The summed E-state index contributed by atoms with van der Waals surface area (Å²) in [5.74, 6) is 0.